The number of carbonyl (C=O) groups is 1. The lowest BCUT2D eigenvalue weighted by Gasteiger charge is -2.31. The molecule has 1 aromatic rings. The lowest BCUT2D eigenvalue weighted by atomic mass is 9.85. The number of alkyl halides is 3. The molecule has 0 spiro atoms. The van der Waals surface area contributed by atoms with Crippen LogP contribution in [0.15, 0.2) is 24.3 Å². The average Bonchev–Trinajstić information content (AvgIpc) is 2.52. The third-order valence-electron chi connectivity index (χ3n) is 4.10. The Kier molecular flexibility index (Phi) is 5.74. The van der Waals surface area contributed by atoms with Crippen molar-refractivity contribution in [1.29, 1.82) is 0 Å². The van der Waals surface area contributed by atoms with Crippen LogP contribution in [0.2, 0.25) is 0 Å². The summed E-state index contributed by atoms with van der Waals surface area (Å²) >= 11 is 0. The number of ether oxygens (including phenoxy) is 1. The molecule has 4 nitrogen and oxygen atoms in total. The predicted molar refractivity (Wildman–Crippen MR) is 80.2 cm³/mol. The summed E-state index contributed by atoms with van der Waals surface area (Å²) < 4.78 is 43.5. The lowest BCUT2D eigenvalue weighted by Crippen LogP contribution is -2.45. The molecule has 0 heterocycles. The van der Waals surface area contributed by atoms with Crippen molar-refractivity contribution in [3.05, 3.63) is 29.8 Å². The van der Waals surface area contributed by atoms with Gasteiger partial charge in [-0.25, -0.2) is 4.79 Å². The van der Waals surface area contributed by atoms with E-state index in [1.54, 1.807) is 6.07 Å². The van der Waals surface area contributed by atoms with Gasteiger partial charge in [-0.1, -0.05) is 24.6 Å². The summed E-state index contributed by atoms with van der Waals surface area (Å²) in [5, 5.41) is 5.30. The number of nitrogens with one attached hydrogen (secondary N) is 2. The lowest BCUT2D eigenvalue weighted by molar-refractivity contribution is -0.183. The fourth-order valence-corrected chi connectivity index (χ4v) is 2.88. The Labute approximate surface area is 133 Å². The number of hydrogen-bond acceptors (Lipinski definition) is 2. The second kappa shape index (κ2) is 7.57. The number of amides is 2. The van der Waals surface area contributed by atoms with Crippen molar-refractivity contribution >= 4 is 6.03 Å². The van der Waals surface area contributed by atoms with E-state index in [1.807, 2.05) is 18.2 Å². The highest BCUT2D eigenvalue weighted by Crippen LogP contribution is 2.37. The predicted octanol–water partition coefficient (Wildman–Crippen LogP) is 3.62. The molecule has 1 fully saturated rings. The second-order valence-electron chi connectivity index (χ2n) is 5.74. The van der Waals surface area contributed by atoms with Crippen LogP contribution in [0.3, 0.4) is 0 Å². The standard InChI is InChI=1S/C16H21F3N2O2/c1-23-14-8-3-2-5-11(14)10-20-15(22)21-13-7-4-6-12(9-13)16(17,18)19/h2-3,5,8,12-13H,4,6-7,9-10H2,1H3,(H2,20,21,22). The topological polar surface area (TPSA) is 50.4 Å². The van der Waals surface area contributed by atoms with Gasteiger partial charge >= 0.3 is 12.2 Å². The zero-order chi connectivity index (χ0) is 16.9. The number of urea groups is 1. The number of para-hydroxylation sites is 1. The Balaban J connectivity index is 1.83. The van der Waals surface area contributed by atoms with Crippen LogP contribution < -0.4 is 15.4 Å². The first kappa shape index (κ1) is 17.4. The highest BCUT2D eigenvalue weighted by molar-refractivity contribution is 5.74. The van der Waals surface area contributed by atoms with E-state index in [0.717, 1.165) is 5.56 Å². The van der Waals surface area contributed by atoms with Crippen LogP contribution in [-0.4, -0.2) is 25.4 Å². The van der Waals surface area contributed by atoms with Crippen molar-refractivity contribution in [2.24, 2.45) is 5.92 Å². The van der Waals surface area contributed by atoms with E-state index in [4.69, 9.17) is 4.74 Å². The van der Waals surface area contributed by atoms with Gasteiger partial charge in [0.2, 0.25) is 0 Å². The van der Waals surface area contributed by atoms with Gasteiger partial charge < -0.3 is 15.4 Å². The maximum atomic E-state index is 12.8. The van der Waals surface area contributed by atoms with Crippen molar-refractivity contribution in [2.45, 2.75) is 44.4 Å². The van der Waals surface area contributed by atoms with Crippen molar-refractivity contribution in [3.8, 4) is 5.75 Å². The fraction of sp³-hybridized carbons (Fsp3) is 0.562. The molecule has 7 heteroatoms. The van der Waals surface area contributed by atoms with Crippen LogP contribution in [0, 0.1) is 5.92 Å². The highest BCUT2D eigenvalue weighted by Gasteiger charge is 2.42. The van der Waals surface area contributed by atoms with E-state index >= 15 is 0 Å². The number of halogens is 3. The molecule has 23 heavy (non-hydrogen) atoms. The average molecular weight is 330 g/mol. The molecule has 128 valence electrons. The van der Waals surface area contributed by atoms with Gasteiger partial charge in [-0.3, -0.25) is 0 Å². The molecule has 0 aromatic heterocycles. The normalized spacial score (nSPS) is 21.6. The summed E-state index contributed by atoms with van der Waals surface area (Å²) in [4.78, 5) is 11.9. The third-order valence-corrected chi connectivity index (χ3v) is 4.10. The molecule has 0 aliphatic heterocycles. The summed E-state index contributed by atoms with van der Waals surface area (Å²) in [6, 6.07) is 6.36. The Bertz CT molecular complexity index is 534. The van der Waals surface area contributed by atoms with Crippen molar-refractivity contribution < 1.29 is 22.7 Å². The van der Waals surface area contributed by atoms with Gasteiger partial charge in [0.1, 0.15) is 5.75 Å². The van der Waals surface area contributed by atoms with E-state index in [-0.39, 0.29) is 19.4 Å². The minimum Gasteiger partial charge on any atom is -0.496 e. The van der Waals surface area contributed by atoms with E-state index in [9.17, 15) is 18.0 Å². The Morgan fingerprint density at radius 2 is 2.04 bits per heavy atom. The summed E-state index contributed by atoms with van der Waals surface area (Å²) in [5.41, 5.74) is 0.807. The molecule has 1 saturated carbocycles. The molecule has 0 radical (unpaired) electrons. The second-order valence-corrected chi connectivity index (χ2v) is 5.74. The number of carbonyl (C=O) groups excluding carboxylic acids is 1. The minimum atomic E-state index is -4.19. The molecule has 2 unspecified atom stereocenters. The molecule has 2 rings (SSSR count). The van der Waals surface area contributed by atoms with Gasteiger partial charge in [-0.2, -0.15) is 13.2 Å². The number of benzene rings is 1. The molecule has 0 saturated heterocycles. The quantitative estimate of drug-likeness (QED) is 0.886. The molecule has 2 amide bonds. The monoisotopic (exact) mass is 330 g/mol. The van der Waals surface area contributed by atoms with Crippen molar-refractivity contribution in [1.82, 2.24) is 10.6 Å². The van der Waals surface area contributed by atoms with Crippen LogP contribution >= 0.6 is 0 Å². The summed E-state index contributed by atoms with van der Waals surface area (Å²) in [6.45, 7) is 0.255. The smallest absolute Gasteiger partial charge is 0.391 e. The maximum Gasteiger partial charge on any atom is 0.391 e. The van der Waals surface area contributed by atoms with E-state index in [1.165, 1.54) is 7.11 Å². The maximum absolute atomic E-state index is 12.8. The highest BCUT2D eigenvalue weighted by atomic mass is 19.4. The van der Waals surface area contributed by atoms with Crippen molar-refractivity contribution in [3.63, 3.8) is 0 Å². The first-order valence-electron chi connectivity index (χ1n) is 7.63. The molecule has 0 bridgehead atoms. The largest absolute Gasteiger partial charge is 0.496 e. The summed E-state index contributed by atoms with van der Waals surface area (Å²) in [7, 11) is 1.54. The molecular formula is C16H21F3N2O2. The summed E-state index contributed by atoms with van der Waals surface area (Å²) in [6.07, 6.45) is -3.04. The van der Waals surface area contributed by atoms with Gasteiger partial charge in [-0.15, -0.1) is 0 Å². The molecular weight excluding hydrogens is 309 g/mol. The Morgan fingerprint density at radius 1 is 1.30 bits per heavy atom. The van der Waals surface area contributed by atoms with Crippen LogP contribution in [0.25, 0.3) is 0 Å². The van der Waals surface area contributed by atoms with Crippen LogP contribution in [0.5, 0.6) is 5.75 Å². The third kappa shape index (κ3) is 5.04. The van der Waals surface area contributed by atoms with Crippen LogP contribution in [0.4, 0.5) is 18.0 Å². The van der Waals surface area contributed by atoms with Crippen LogP contribution in [-0.2, 0) is 6.54 Å². The van der Waals surface area contributed by atoms with Gasteiger partial charge in [-0.05, 0) is 25.3 Å². The Hall–Kier alpha value is -1.92. The zero-order valence-electron chi connectivity index (χ0n) is 13.0. The zero-order valence-corrected chi connectivity index (χ0v) is 13.0. The van der Waals surface area contributed by atoms with Crippen molar-refractivity contribution in [2.75, 3.05) is 7.11 Å². The first-order valence-corrected chi connectivity index (χ1v) is 7.63. The number of methoxy groups -OCH3 is 1. The van der Waals surface area contributed by atoms with E-state index in [2.05, 4.69) is 10.6 Å². The van der Waals surface area contributed by atoms with Gasteiger partial charge in [0.05, 0.1) is 13.0 Å². The SMILES string of the molecule is COc1ccccc1CNC(=O)NC1CCCC(C(F)(F)F)C1. The fourth-order valence-electron chi connectivity index (χ4n) is 2.88. The van der Waals surface area contributed by atoms with E-state index < -0.39 is 24.2 Å². The van der Waals surface area contributed by atoms with Crippen LogP contribution in [0.1, 0.15) is 31.2 Å². The Morgan fingerprint density at radius 3 is 2.74 bits per heavy atom. The first-order chi connectivity index (χ1) is 10.9. The van der Waals surface area contributed by atoms with E-state index in [0.29, 0.717) is 18.6 Å². The molecule has 2 atom stereocenters. The molecule has 1 aromatic carbocycles. The van der Waals surface area contributed by atoms with Gasteiger partial charge in [0, 0.05) is 18.2 Å². The number of rotatable bonds is 4. The molecule has 2 N–H and O–H groups in total. The molecule has 1 aliphatic carbocycles. The van der Waals surface area contributed by atoms with Gasteiger partial charge in [0.15, 0.2) is 0 Å². The minimum absolute atomic E-state index is 0.0500. The number of hydrogen-bond donors (Lipinski definition) is 2. The summed E-state index contributed by atoms with van der Waals surface area (Å²) in [5.74, 6) is -0.668. The molecule has 1 aliphatic rings. The van der Waals surface area contributed by atoms with Gasteiger partial charge in [0.25, 0.3) is 0 Å².